The van der Waals surface area contributed by atoms with Crippen molar-refractivity contribution in [3.63, 3.8) is 0 Å². The van der Waals surface area contributed by atoms with E-state index in [1.54, 1.807) is 0 Å². The first-order chi connectivity index (χ1) is 7.92. The number of nitrogens with one attached hydrogen (secondary N) is 2. The third-order valence-electron chi connectivity index (χ3n) is 3.62. The van der Waals surface area contributed by atoms with E-state index in [0.29, 0.717) is 5.92 Å². The van der Waals surface area contributed by atoms with Crippen LogP contribution in [0.15, 0.2) is 0 Å². The first-order valence-electron chi connectivity index (χ1n) is 6.54. The van der Waals surface area contributed by atoms with E-state index >= 15 is 0 Å². The van der Waals surface area contributed by atoms with Crippen LogP contribution >= 0.6 is 0 Å². The van der Waals surface area contributed by atoms with Crippen LogP contribution < -0.4 is 5.32 Å². The molecule has 1 unspecified atom stereocenters. The summed E-state index contributed by atoms with van der Waals surface area (Å²) in [6.07, 6.45) is 7.62. The van der Waals surface area contributed by atoms with Crippen molar-refractivity contribution in [3.8, 4) is 0 Å². The fraction of sp³-hybridized carbons (Fsp3) is 0.833. The van der Waals surface area contributed by atoms with Gasteiger partial charge in [0.15, 0.2) is 5.82 Å². The molecule has 1 aromatic heterocycles. The van der Waals surface area contributed by atoms with E-state index in [9.17, 15) is 0 Å². The van der Waals surface area contributed by atoms with Crippen molar-refractivity contribution in [2.45, 2.75) is 44.4 Å². The van der Waals surface area contributed by atoms with Gasteiger partial charge in [-0.15, -0.1) is 0 Å². The summed E-state index contributed by atoms with van der Waals surface area (Å²) < 4.78 is 0. The Morgan fingerprint density at radius 2 is 2.12 bits per heavy atom. The van der Waals surface area contributed by atoms with E-state index < -0.39 is 0 Å². The highest BCUT2D eigenvalue weighted by Gasteiger charge is 2.28. The standard InChI is InChI=1S/C12H20N4/c1-2-6-13-8-9(3-1)7-11-14-12(16-15-11)10-4-5-10/h9-10,13H,1-8H2,(H,14,15,16). The zero-order valence-electron chi connectivity index (χ0n) is 9.71. The van der Waals surface area contributed by atoms with Gasteiger partial charge in [0.1, 0.15) is 5.82 Å². The minimum Gasteiger partial charge on any atom is -0.316 e. The SMILES string of the molecule is C1CCC(Cc2nc(C3CC3)n[nH]2)CNC1. The first-order valence-corrected chi connectivity index (χ1v) is 6.54. The van der Waals surface area contributed by atoms with Gasteiger partial charge in [-0.05, 0) is 44.7 Å². The number of rotatable bonds is 3. The molecule has 1 aromatic rings. The molecule has 0 aromatic carbocycles. The molecule has 1 atom stereocenters. The number of aromatic nitrogens is 3. The van der Waals surface area contributed by atoms with Crippen LogP contribution in [0.5, 0.6) is 0 Å². The van der Waals surface area contributed by atoms with Crippen molar-refractivity contribution in [2.24, 2.45) is 5.92 Å². The van der Waals surface area contributed by atoms with Gasteiger partial charge in [0.2, 0.25) is 0 Å². The second-order valence-corrected chi connectivity index (χ2v) is 5.18. The molecule has 88 valence electrons. The second kappa shape index (κ2) is 4.53. The molecule has 2 aliphatic rings. The molecular weight excluding hydrogens is 200 g/mol. The van der Waals surface area contributed by atoms with Crippen molar-refractivity contribution in [3.05, 3.63) is 11.6 Å². The van der Waals surface area contributed by atoms with E-state index in [4.69, 9.17) is 0 Å². The van der Waals surface area contributed by atoms with Gasteiger partial charge in [-0.2, -0.15) is 5.10 Å². The van der Waals surface area contributed by atoms with Crippen LogP contribution in [0.2, 0.25) is 0 Å². The summed E-state index contributed by atoms with van der Waals surface area (Å²) >= 11 is 0. The molecule has 2 heterocycles. The topological polar surface area (TPSA) is 53.6 Å². The molecule has 1 saturated carbocycles. The van der Waals surface area contributed by atoms with Gasteiger partial charge in [-0.1, -0.05) is 6.42 Å². The van der Waals surface area contributed by atoms with Gasteiger partial charge in [-0.25, -0.2) is 4.98 Å². The van der Waals surface area contributed by atoms with Gasteiger partial charge < -0.3 is 5.32 Å². The lowest BCUT2D eigenvalue weighted by atomic mass is 9.99. The Morgan fingerprint density at radius 1 is 1.19 bits per heavy atom. The maximum absolute atomic E-state index is 4.60. The molecule has 1 aliphatic heterocycles. The van der Waals surface area contributed by atoms with Crippen LogP contribution in [-0.4, -0.2) is 28.3 Å². The summed E-state index contributed by atoms with van der Waals surface area (Å²) in [7, 11) is 0. The lowest BCUT2D eigenvalue weighted by Gasteiger charge is -2.11. The summed E-state index contributed by atoms with van der Waals surface area (Å²) in [6.45, 7) is 2.32. The lowest BCUT2D eigenvalue weighted by Crippen LogP contribution is -2.22. The fourth-order valence-electron chi connectivity index (χ4n) is 2.46. The van der Waals surface area contributed by atoms with Gasteiger partial charge in [0, 0.05) is 12.3 Å². The maximum atomic E-state index is 4.60. The quantitative estimate of drug-likeness (QED) is 0.813. The van der Waals surface area contributed by atoms with E-state index in [1.165, 1.54) is 38.6 Å². The van der Waals surface area contributed by atoms with Gasteiger partial charge in [0.25, 0.3) is 0 Å². The Kier molecular flexibility index (Phi) is 2.91. The van der Waals surface area contributed by atoms with E-state index in [1.807, 2.05) is 0 Å². The van der Waals surface area contributed by atoms with Gasteiger partial charge >= 0.3 is 0 Å². The Bertz CT molecular complexity index is 335. The molecule has 0 spiro atoms. The van der Waals surface area contributed by atoms with E-state index in [2.05, 4.69) is 20.5 Å². The molecule has 3 rings (SSSR count). The summed E-state index contributed by atoms with van der Waals surface area (Å²) in [5.74, 6) is 3.55. The molecule has 0 bridgehead atoms. The maximum Gasteiger partial charge on any atom is 0.153 e. The van der Waals surface area contributed by atoms with Crippen LogP contribution in [0.3, 0.4) is 0 Å². The molecule has 0 radical (unpaired) electrons. The molecule has 1 aliphatic carbocycles. The number of hydrogen-bond donors (Lipinski definition) is 2. The molecular formula is C12H20N4. The Labute approximate surface area is 96.2 Å². The fourth-order valence-corrected chi connectivity index (χ4v) is 2.46. The Balaban J connectivity index is 1.58. The smallest absolute Gasteiger partial charge is 0.153 e. The van der Waals surface area contributed by atoms with Crippen molar-refractivity contribution in [1.29, 1.82) is 0 Å². The minimum atomic E-state index is 0.664. The van der Waals surface area contributed by atoms with Crippen LogP contribution in [0.4, 0.5) is 0 Å². The molecule has 2 N–H and O–H groups in total. The van der Waals surface area contributed by atoms with Crippen LogP contribution in [-0.2, 0) is 6.42 Å². The van der Waals surface area contributed by atoms with Crippen molar-refractivity contribution >= 4 is 0 Å². The molecule has 1 saturated heterocycles. The Morgan fingerprint density at radius 3 is 3.00 bits per heavy atom. The number of H-pyrrole nitrogens is 1. The Hall–Kier alpha value is -0.900. The van der Waals surface area contributed by atoms with Gasteiger partial charge in [0.05, 0.1) is 0 Å². The minimum absolute atomic E-state index is 0.664. The second-order valence-electron chi connectivity index (χ2n) is 5.18. The van der Waals surface area contributed by atoms with Crippen molar-refractivity contribution < 1.29 is 0 Å². The van der Waals surface area contributed by atoms with Crippen molar-refractivity contribution in [1.82, 2.24) is 20.5 Å². The molecule has 16 heavy (non-hydrogen) atoms. The zero-order chi connectivity index (χ0) is 10.8. The first kappa shape index (κ1) is 10.3. The number of nitrogens with zero attached hydrogens (tertiary/aromatic N) is 2. The van der Waals surface area contributed by atoms with Crippen LogP contribution in [0.25, 0.3) is 0 Å². The molecule has 4 heteroatoms. The van der Waals surface area contributed by atoms with E-state index in [-0.39, 0.29) is 0 Å². The molecule has 4 nitrogen and oxygen atoms in total. The number of aromatic amines is 1. The van der Waals surface area contributed by atoms with E-state index in [0.717, 1.165) is 30.5 Å². The summed E-state index contributed by atoms with van der Waals surface area (Å²) in [5, 5.41) is 10.9. The monoisotopic (exact) mass is 220 g/mol. The third-order valence-corrected chi connectivity index (χ3v) is 3.62. The van der Waals surface area contributed by atoms with Gasteiger partial charge in [-0.3, -0.25) is 5.10 Å². The zero-order valence-corrected chi connectivity index (χ0v) is 9.71. The van der Waals surface area contributed by atoms with Crippen LogP contribution in [0.1, 0.15) is 49.7 Å². The highest BCUT2D eigenvalue weighted by Crippen LogP contribution is 2.37. The lowest BCUT2D eigenvalue weighted by molar-refractivity contribution is 0.467. The summed E-state index contributed by atoms with van der Waals surface area (Å²) in [4.78, 5) is 4.60. The average Bonchev–Trinajstić information content (AvgIpc) is 3.07. The largest absolute Gasteiger partial charge is 0.316 e. The average molecular weight is 220 g/mol. The highest BCUT2D eigenvalue weighted by molar-refractivity contribution is 5.05. The van der Waals surface area contributed by atoms with Crippen molar-refractivity contribution in [2.75, 3.05) is 13.1 Å². The predicted octanol–water partition coefficient (Wildman–Crippen LogP) is 1.61. The predicted molar refractivity (Wildman–Crippen MR) is 62.3 cm³/mol. The van der Waals surface area contributed by atoms with Crippen LogP contribution in [0, 0.1) is 5.92 Å². The molecule has 2 fully saturated rings. The molecule has 0 amide bonds. The summed E-state index contributed by atoms with van der Waals surface area (Å²) in [6, 6.07) is 0. The third kappa shape index (κ3) is 2.43. The highest BCUT2D eigenvalue weighted by atomic mass is 15.2. The number of hydrogen-bond acceptors (Lipinski definition) is 3. The normalized spacial score (nSPS) is 26.6. The summed E-state index contributed by atoms with van der Waals surface area (Å²) in [5.41, 5.74) is 0.